The van der Waals surface area contributed by atoms with Crippen LogP contribution < -0.4 is 9.64 Å². The molecule has 3 aromatic rings. The maximum atomic E-state index is 13.5. The summed E-state index contributed by atoms with van der Waals surface area (Å²) in [5, 5.41) is 0.444. The highest BCUT2D eigenvalue weighted by Gasteiger charge is 2.78. The summed E-state index contributed by atoms with van der Waals surface area (Å²) in [6.45, 7) is 0. The second-order valence-corrected chi connectivity index (χ2v) is 7.82. The molecule has 3 aromatic carbocycles. The van der Waals surface area contributed by atoms with Crippen molar-refractivity contribution in [2.45, 2.75) is 5.41 Å². The van der Waals surface area contributed by atoms with E-state index in [1.807, 2.05) is 60.7 Å². The molecule has 0 aromatic heterocycles. The number of hydrogen-bond acceptors (Lipinski definition) is 3. The smallest absolute Gasteiger partial charge is 0.239 e. The van der Waals surface area contributed by atoms with Gasteiger partial charge in [0.25, 0.3) is 0 Å². The summed E-state index contributed by atoms with van der Waals surface area (Å²) < 4.78 is 5.38. The van der Waals surface area contributed by atoms with Crippen LogP contribution in [0.3, 0.4) is 0 Å². The molecule has 1 aliphatic carbocycles. The van der Waals surface area contributed by atoms with Crippen LogP contribution >= 0.6 is 11.6 Å². The summed E-state index contributed by atoms with van der Waals surface area (Å²) in [5.41, 5.74) is 1.75. The normalized spacial score (nSPS) is 21.8. The fraction of sp³-hybridized carbons (Fsp3) is 0.167. The predicted molar refractivity (Wildman–Crippen MR) is 111 cm³/mol. The van der Waals surface area contributed by atoms with Gasteiger partial charge in [0.2, 0.25) is 11.8 Å². The number of piperidine rings is 1. The molecule has 1 saturated carbocycles. The molecule has 4 nitrogen and oxygen atoms in total. The van der Waals surface area contributed by atoms with Crippen LogP contribution in [0, 0.1) is 11.8 Å². The van der Waals surface area contributed by atoms with E-state index in [2.05, 4.69) is 0 Å². The molecule has 2 aliphatic rings. The minimum absolute atomic E-state index is 0.215. The van der Waals surface area contributed by atoms with E-state index in [1.165, 1.54) is 12.0 Å². The van der Waals surface area contributed by atoms with Crippen molar-refractivity contribution in [1.82, 2.24) is 0 Å². The molecule has 144 valence electrons. The van der Waals surface area contributed by atoms with Gasteiger partial charge in [-0.3, -0.25) is 9.59 Å². The third-order valence-corrected chi connectivity index (χ3v) is 6.30. The van der Waals surface area contributed by atoms with E-state index < -0.39 is 17.3 Å². The number of nitrogens with zero attached hydrogens (tertiary/aromatic N) is 1. The van der Waals surface area contributed by atoms with Gasteiger partial charge >= 0.3 is 0 Å². The molecule has 1 saturated heterocycles. The third kappa shape index (κ3) is 2.39. The van der Waals surface area contributed by atoms with Crippen LogP contribution in [-0.4, -0.2) is 18.9 Å². The van der Waals surface area contributed by atoms with Crippen molar-refractivity contribution in [3.05, 3.63) is 95.0 Å². The van der Waals surface area contributed by atoms with Crippen molar-refractivity contribution < 1.29 is 14.3 Å². The molecule has 0 radical (unpaired) electrons. The number of hydrogen-bond donors (Lipinski definition) is 0. The monoisotopic (exact) mass is 403 g/mol. The van der Waals surface area contributed by atoms with Gasteiger partial charge in [0.1, 0.15) is 5.75 Å². The zero-order chi connectivity index (χ0) is 20.2. The second kappa shape index (κ2) is 6.46. The summed E-state index contributed by atoms with van der Waals surface area (Å²) in [7, 11) is 1.51. The topological polar surface area (TPSA) is 46.6 Å². The lowest BCUT2D eigenvalue weighted by atomic mass is 9.83. The van der Waals surface area contributed by atoms with Gasteiger partial charge in [0, 0.05) is 10.4 Å². The van der Waals surface area contributed by atoms with Crippen LogP contribution in [-0.2, 0) is 15.0 Å². The van der Waals surface area contributed by atoms with Crippen molar-refractivity contribution in [2.24, 2.45) is 11.8 Å². The maximum Gasteiger partial charge on any atom is 0.239 e. The Hall–Kier alpha value is -3.11. The zero-order valence-electron chi connectivity index (χ0n) is 15.7. The third-order valence-electron chi connectivity index (χ3n) is 6.06. The highest BCUT2D eigenvalue weighted by molar-refractivity contribution is 6.32. The number of carbonyl (C=O) groups is 2. The number of imide groups is 1. The molecule has 2 unspecified atom stereocenters. The lowest BCUT2D eigenvalue weighted by Crippen LogP contribution is -2.39. The highest BCUT2D eigenvalue weighted by atomic mass is 35.5. The van der Waals surface area contributed by atoms with Crippen LogP contribution in [0.5, 0.6) is 5.75 Å². The number of halogens is 1. The van der Waals surface area contributed by atoms with E-state index in [4.69, 9.17) is 16.3 Å². The van der Waals surface area contributed by atoms with Crippen molar-refractivity contribution in [1.29, 1.82) is 0 Å². The fourth-order valence-electron chi connectivity index (χ4n) is 4.84. The van der Waals surface area contributed by atoms with E-state index in [1.54, 1.807) is 18.2 Å². The molecular weight excluding hydrogens is 386 g/mol. The number of benzene rings is 3. The van der Waals surface area contributed by atoms with Crippen LogP contribution in [0.15, 0.2) is 78.9 Å². The average Bonchev–Trinajstić information content (AvgIpc) is 3.39. The van der Waals surface area contributed by atoms with Crippen LogP contribution in [0.1, 0.15) is 11.1 Å². The predicted octanol–water partition coefficient (Wildman–Crippen LogP) is 4.45. The second-order valence-electron chi connectivity index (χ2n) is 7.38. The van der Waals surface area contributed by atoms with E-state index in [-0.39, 0.29) is 11.8 Å². The first-order valence-electron chi connectivity index (χ1n) is 9.43. The summed E-state index contributed by atoms with van der Waals surface area (Å²) in [5.74, 6) is -0.865. The Kier molecular flexibility index (Phi) is 4.00. The van der Waals surface area contributed by atoms with Crippen LogP contribution in [0.25, 0.3) is 0 Å². The largest absolute Gasteiger partial charge is 0.495 e. The number of fused-ring (bicyclic) bond motifs is 1. The zero-order valence-corrected chi connectivity index (χ0v) is 16.5. The average molecular weight is 404 g/mol. The molecule has 2 fully saturated rings. The van der Waals surface area contributed by atoms with E-state index >= 15 is 0 Å². The van der Waals surface area contributed by atoms with Crippen LogP contribution in [0.4, 0.5) is 5.69 Å². The SMILES string of the molecule is COc1ccc(Cl)cc1N1C(=O)C2C(C1=O)C2(c1ccccc1)c1ccccc1. The van der Waals surface area contributed by atoms with E-state index in [0.717, 1.165) is 11.1 Å². The number of ether oxygens (including phenoxy) is 1. The Morgan fingerprint density at radius 3 is 1.83 bits per heavy atom. The first-order valence-corrected chi connectivity index (χ1v) is 9.81. The highest BCUT2D eigenvalue weighted by Crippen LogP contribution is 2.68. The number of anilines is 1. The maximum absolute atomic E-state index is 13.5. The first kappa shape index (κ1) is 18.0. The summed E-state index contributed by atoms with van der Waals surface area (Å²) in [4.78, 5) is 28.3. The number of rotatable bonds is 4. The summed E-state index contributed by atoms with van der Waals surface area (Å²) in [6.07, 6.45) is 0. The van der Waals surface area contributed by atoms with Crippen LogP contribution in [0.2, 0.25) is 5.02 Å². The van der Waals surface area contributed by atoms with E-state index in [9.17, 15) is 9.59 Å². The van der Waals surface area contributed by atoms with Gasteiger partial charge in [-0.15, -0.1) is 0 Å². The van der Waals surface area contributed by atoms with E-state index in [0.29, 0.717) is 16.5 Å². The number of carbonyl (C=O) groups excluding carboxylic acids is 2. The molecule has 0 spiro atoms. The molecular formula is C24H18ClNO3. The Morgan fingerprint density at radius 2 is 1.34 bits per heavy atom. The summed E-state index contributed by atoms with van der Waals surface area (Å²) >= 11 is 6.14. The van der Waals surface area contributed by atoms with Crippen molar-refractivity contribution >= 4 is 29.1 Å². The fourth-order valence-corrected chi connectivity index (χ4v) is 5.00. The van der Waals surface area contributed by atoms with Gasteiger partial charge in [-0.05, 0) is 29.3 Å². The lowest BCUT2D eigenvalue weighted by Gasteiger charge is -2.27. The lowest BCUT2D eigenvalue weighted by molar-refractivity contribution is -0.124. The molecule has 5 heteroatoms. The quantitative estimate of drug-likeness (QED) is 0.604. The molecule has 29 heavy (non-hydrogen) atoms. The number of amides is 2. The van der Waals surface area contributed by atoms with Gasteiger partial charge < -0.3 is 4.74 Å². The molecule has 0 bridgehead atoms. The molecule has 1 heterocycles. The Bertz CT molecular complexity index is 1050. The number of methoxy groups -OCH3 is 1. The minimum atomic E-state index is -0.626. The Balaban J connectivity index is 1.63. The van der Waals surface area contributed by atoms with Gasteiger partial charge in [0.05, 0.1) is 24.6 Å². The van der Waals surface area contributed by atoms with Crippen molar-refractivity contribution in [3.63, 3.8) is 0 Å². The standard InChI is InChI=1S/C24H18ClNO3/c1-29-19-13-12-17(25)14-18(19)26-22(27)20-21(23(26)28)24(20,15-8-4-2-5-9-15)16-10-6-3-7-11-16/h2-14,20-21H,1H3. The van der Waals surface area contributed by atoms with Crippen molar-refractivity contribution in [2.75, 3.05) is 12.0 Å². The molecule has 5 rings (SSSR count). The Morgan fingerprint density at radius 1 is 0.828 bits per heavy atom. The van der Waals surface area contributed by atoms with Gasteiger partial charge in [-0.2, -0.15) is 0 Å². The van der Waals surface area contributed by atoms with Gasteiger partial charge in [0.15, 0.2) is 0 Å². The Labute approximate surface area is 173 Å². The molecule has 1 aliphatic heterocycles. The molecule has 2 amide bonds. The van der Waals surface area contributed by atoms with Gasteiger partial charge in [-0.1, -0.05) is 72.3 Å². The molecule has 0 N–H and O–H groups in total. The van der Waals surface area contributed by atoms with Gasteiger partial charge in [-0.25, -0.2) is 4.90 Å². The first-order chi connectivity index (χ1) is 14.1. The van der Waals surface area contributed by atoms with Crippen molar-refractivity contribution in [3.8, 4) is 5.75 Å². The summed E-state index contributed by atoms with van der Waals surface area (Å²) in [6, 6.07) is 24.6. The minimum Gasteiger partial charge on any atom is -0.495 e. The molecule has 2 atom stereocenters.